The van der Waals surface area contributed by atoms with Crippen molar-refractivity contribution in [2.24, 2.45) is 5.92 Å². The molecule has 0 saturated carbocycles. The van der Waals surface area contributed by atoms with E-state index in [1.165, 1.54) is 0 Å². The van der Waals surface area contributed by atoms with Gasteiger partial charge in [0.05, 0.1) is 11.6 Å². The summed E-state index contributed by atoms with van der Waals surface area (Å²) in [5.74, 6) is -0.472. The van der Waals surface area contributed by atoms with Crippen LogP contribution in [0.15, 0.2) is 4.52 Å². The summed E-state index contributed by atoms with van der Waals surface area (Å²) in [6.07, 6.45) is 1.76. The molecule has 0 aromatic carbocycles. The van der Waals surface area contributed by atoms with Gasteiger partial charge in [-0.05, 0) is 32.6 Å². The van der Waals surface area contributed by atoms with Gasteiger partial charge in [0.15, 0.2) is 0 Å². The summed E-state index contributed by atoms with van der Waals surface area (Å²) in [5.41, 5.74) is 1.80. The molecule has 116 valence electrons. The Bertz CT molecular complexity index is 518. The predicted molar refractivity (Wildman–Crippen MR) is 75.9 cm³/mol. The summed E-state index contributed by atoms with van der Waals surface area (Å²) in [6.45, 7) is 6.66. The number of nitrogens with zero attached hydrogens (tertiary/aromatic N) is 2. The third-order valence-corrected chi connectivity index (χ3v) is 4.19. The predicted octanol–water partition coefficient (Wildman–Crippen LogP) is 2.11. The van der Waals surface area contributed by atoms with Crippen molar-refractivity contribution in [2.75, 3.05) is 13.1 Å². The van der Waals surface area contributed by atoms with Crippen LogP contribution in [0.25, 0.3) is 0 Å². The molecule has 1 aromatic heterocycles. The van der Waals surface area contributed by atoms with Gasteiger partial charge in [0.1, 0.15) is 5.76 Å². The summed E-state index contributed by atoms with van der Waals surface area (Å²) in [5, 5.41) is 13.0. The standard InChI is InChI=1S/C15H22N2O4/c1-9(14-10(2)16-21-11(14)3)7-13(18)17-6-4-5-12(8-17)15(19)20/h9,12H,4-8H2,1-3H3,(H,19,20)/t9-,12+/m1/s1. The second kappa shape index (κ2) is 6.28. The van der Waals surface area contributed by atoms with Crippen LogP contribution in [0.4, 0.5) is 0 Å². The Labute approximate surface area is 124 Å². The van der Waals surface area contributed by atoms with Crippen molar-refractivity contribution in [3.8, 4) is 0 Å². The van der Waals surface area contributed by atoms with Gasteiger partial charge in [0.2, 0.25) is 5.91 Å². The van der Waals surface area contributed by atoms with Crippen LogP contribution in [0.1, 0.15) is 49.1 Å². The number of aromatic nitrogens is 1. The van der Waals surface area contributed by atoms with Gasteiger partial charge in [0, 0.05) is 25.1 Å². The molecule has 1 aromatic rings. The zero-order valence-corrected chi connectivity index (χ0v) is 12.8. The van der Waals surface area contributed by atoms with E-state index in [0.717, 1.165) is 23.4 Å². The molecule has 1 fully saturated rings. The number of hydrogen-bond donors (Lipinski definition) is 1. The lowest BCUT2D eigenvalue weighted by Gasteiger charge is -2.31. The number of amides is 1. The number of piperidine rings is 1. The molecule has 6 nitrogen and oxygen atoms in total. The van der Waals surface area contributed by atoms with Crippen LogP contribution in [-0.4, -0.2) is 40.1 Å². The molecular weight excluding hydrogens is 272 g/mol. The molecule has 1 amide bonds. The van der Waals surface area contributed by atoms with Crippen molar-refractivity contribution in [1.29, 1.82) is 0 Å². The Kier molecular flexibility index (Phi) is 4.65. The van der Waals surface area contributed by atoms with Crippen molar-refractivity contribution in [2.45, 2.75) is 46.0 Å². The molecular formula is C15H22N2O4. The van der Waals surface area contributed by atoms with Gasteiger partial charge in [-0.2, -0.15) is 0 Å². The number of rotatable bonds is 4. The molecule has 0 radical (unpaired) electrons. The number of carboxylic acids is 1. The number of likely N-dealkylation sites (tertiary alicyclic amines) is 1. The van der Waals surface area contributed by atoms with Crippen molar-refractivity contribution >= 4 is 11.9 Å². The fraction of sp³-hybridized carbons (Fsp3) is 0.667. The summed E-state index contributed by atoms with van der Waals surface area (Å²) in [6, 6.07) is 0. The van der Waals surface area contributed by atoms with Crippen LogP contribution in [0.3, 0.4) is 0 Å². The zero-order valence-electron chi connectivity index (χ0n) is 12.8. The lowest BCUT2D eigenvalue weighted by atomic mass is 9.94. The molecule has 1 aliphatic heterocycles. The van der Waals surface area contributed by atoms with Gasteiger partial charge in [0.25, 0.3) is 0 Å². The van der Waals surface area contributed by atoms with Crippen LogP contribution in [0, 0.1) is 19.8 Å². The van der Waals surface area contributed by atoms with Gasteiger partial charge >= 0.3 is 5.97 Å². The first-order valence-electron chi connectivity index (χ1n) is 7.33. The first kappa shape index (κ1) is 15.5. The maximum Gasteiger partial charge on any atom is 0.308 e. The molecule has 21 heavy (non-hydrogen) atoms. The first-order chi connectivity index (χ1) is 9.90. The normalized spacial score (nSPS) is 20.3. The SMILES string of the molecule is Cc1noc(C)c1[C@H](C)CC(=O)N1CCC[C@H](C(=O)O)C1. The first-order valence-corrected chi connectivity index (χ1v) is 7.33. The van der Waals surface area contributed by atoms with E-state index in [1.54, 1.807) is 4.90 Å². The molecule has 0 spiro atoms. The largest absolute Gasteiger partial charge is 0.481 e. The highest BCUT2D eigenvalue weighted by Gasteiger charge is 2.29. The van der Waals surface area contributed by atoms with E-state index < -0.39 is 11.9 Å². The Morgan fingerprint density at radius 1 is 1.48 bits per heavy atom. The van der Waals surface area contributed by atoms with E-state index in [0.29, 0.717) is 25.9 Å². The molecule has 1 aliphatic rings. The van der Waals surface area contributed by atoms with E-state index in [1.807, 2.05) is 20.8 Å². The number of aryl methyl sites for hydroxylation is 2. The third kappa shape index (κ3) is 3.43. The maximum absolute atomic E-state index is 12.4. The molecule has 1 saturated heterocycles. The Hall–Kier alpha value is -1.85. The average molecular weight is 294 g/mol. The quantitative estimate of drug-likeness (QED) is 0.919. The highest BCUT2D eigenvalue weighted by molar-refractivity contribution is 5.78. The van der Waals surface area contributed by atoms with Gasteiger partial charge in [-0.25, -0.2) is 0 Å². The smallest absolute Gasteiger partial charge is 0.308 e. The number of carbonyl (C=O) groups is 2. The van der Waals surface area contributed by atoms with Crippen LogP contribution in [0.5, 0.6) is 0 Å². The summed E-state index contributed by atoms with van der Waals surface area (Å²) < 4.78 is 5.14. The molecule has 0 bridgehead atoms. The minimum atomic E-state index is -0.814. The van der Waals surface area contributed by atoms with Crippen molar-refractivity contribution in [3.05, 3.63) is 17.0 Å². The number of carboxylic acid groups (broad SMARTS) is 1. The van der Waals surface area contributed by atoms with E-state index in [4.69, 9.17) is 9.63 Å². The highest BCUT2D eigenvalue weighted by atomic mass is 16.5. The van der Waals surface area contributed by atoms with Crippen molar-refractivity contribution in [1.82, 2.24) is 10.1 Å². The molecule has 6 heteroatoms. The van der Waals surface area contributed by atoms with Crippen molar-refractivity contribution < 1.29 is 19.2 Å². The van der Waals surface area contributed by atoms with Gasteiger partial charge < -0.3 is 14.5 Å². The summed E-state index contributed by atoms with van der Waals surface area (Å²) >= 11 is 0. The van der Waals surface area contributed by atoms with E-state index in [-0.39, 0.29) is 11.8 Å². The van der Waals surface area contributed by atoms with Crippen molar-refractivity contribution in [3.63, 3.8) is 0 Å². The molecule has 2 heterocycles. The van der Waals surface area contributed by atoms with E-state index in [2.05, 4.69) is 5.16 Å². The minimum absolute atomic E-state index is 0.00782. The molecule has 2 atom stereocenters. The lowest BCUT2D eigenvalue weighted by molar-refractivity contribution is -0.145. The maximum atomic E-state index is 12.4. The van der Waals surface area contributed by atoms with Crippen LogP contribution in [-0.2, 0) is 9.59 Å². The number of hydrogen-bond acceptors (Lipinski definition) is 4. The molecule has 0 unspecified atom stereocenters. The van der Waals surface area contributed by atoms with E-state index in [9.17, 15) is 9.59 Å². The number of carbonyl (C=O) groups excluding carboxylic acids is 1. The minimum Gasteiger partial charge on any atom is -0.481 e. The van der Waals surface area contributed by atoms with Crippen LogP contribution >= 0.6 is 0 Å². The van der Waals surface area contributed by atoms with Crippen LogP contribution < -0.4 is 0 Å². The van der Waals surface area contributed by atoms with Gasteiger partial charge in [-0.3, -0.25) is 9.59 Å². The molecule has 2 rings (SSSR count). The Morgan fingerprint density at radius 3 is 2.76 bits per heavy atom. The second-order valence-corrected chi connectivity index (χ2v) is 5.86. The third-order valence-electron chi connectivity index (χ3n) is 4.19. The fourth-order valence-corrected chi connectivity index (χ4v) is 3.09. The highest BCUT2D eigenvalue weighted by Crippen LogP contribution is 2.27. The fourth-order valence-electron chi connectivity index (χ4n) is 3.09. The zero-order chi connectivity index (χ0) is 15.6. The molecule has 0 aliphatic carbocycles. The van der Waals surface area contributed by atoms with Gasteiger partial charge in [-0.1, -0.05) is 12.1 Å². The average Bonchev–Trinajstić information content (AvgIpc) is 2.78. The van der Waals surface area contributed by atoms with Gasteiger partial charge in [-0.15, -0.1) is 0 Å². The molecule has 1 N–H and O–H groups in total. The Balaban J connectivity index is 1.99. The second-order valence-electron chi connectivity index (χ2n) is 5.86. The topological polar surface area (TPSA) is 83.6 Å². The summed E-state index contributed by atoms with van der Waals surface area (Å²) in [7, 11) is 0. The Morgan fingerprint density at radius 2 is 2.19 bits per heavy atom. The summed E-state index contributed by atoms with van der Waals surface area (Å²) in [4.78, 5) is 25.1. The lowest BCUT2D eigenvalue weighted by Crippen LogP contribution is -2.42. The van der Waals surface area contributed by atoms with E-state index >= 15 is 0 Å². The number of aliphatic carboxylic acids is 1. The monoisotopic (exact) mass is 294 g/mol. The van der Waals surface area contributed by atoms with Crippen LogP contribution in [0.2, 0.25) is 0 Å².